The fourth-order valence-corrected chi connectivity index (χ4v) is 1.68. The minimum absolute atomic E-state index is 0.177. The van der Waals surface area contributed by atoms with E-state index in [1.54, 1.807) is 0 Å². The van der Waals surface area contributed by atoms with Gasteiger partial charge >= 0.3 is 0 Å². The number of aliphatic hydroxyl groups excluding tert-OH is 1. The highest BCUT2D eigenvalue weighted by Crippen LogP contribution is 2.24. The number of aryl methyl sites for hydroxylation is 1. The lowest BCUT2D eigenvalue weighted by Gasteiger charge is -2.28. The van der Waals surface area contributed by atoms with Crippen LogP contribution in [0.25, 0.3) is 0 Å². The average Bonchev–Trinajstić information content (AvgIpc) is 2.36. The summed E-state index contributed by atoms with van der Waals surface area (Å²) in [6.45, 7) is 6.47. The van der Waals surface area contributed by atoms with Crippen molar-refractivity contribution in [1.82, 2.24) is 0 Å². The van der Waals surface area contributed by atoms with Gasteiger partial charge in [-0.15, -0.1) is 0 Å². The molecule has 0 heterocycles. The van der Waals surface area contributed by atoms with Gasteiger partial charge in [-0.2, -0.15) is 0 Å². The Hall–Kier alpha value is -0.540. The Balaban J connectivity index is 2.50. The van der Waals surface area contributed by atoms with E-state index in [9.17, 15) is 5.11 Å². The highest BCUT2D eigenvalue weighted by Gasteiger charge is 2.27. The largest absolute Gasteiger partial charge is 0.491 e. The van der Waals surface area contributed by atoms with Gasteiger partial charge in [0.15, 0.2) is 0 Å². The summed E-state index contributed by atoms with van der Waals surface area (Å²) >= 11 is 3.40. The Morgan fingerprint density at radius 1 is 1.29 bits per heavy atom. The van der Waals surface area contributed by atoms with E-state index in [-0.39, 0.29) is 5.41 Å². The zero-order valence-electron chi connectivity index (χ0n) is 10.7. The van der Waals surface area contributed by atoms with Crippen molar-refractivity contribution in [3.8, 4) is 5.75 Å². The molecule has 0 aromatic heterocycles. The Kier molecular flexibility index (Phi) is 5.47. The normalized spacial score (nSPS) is 13.5. The third-order valence-electron chi connectivity index (χ3n) is 2.99. The van der Waals surface area contributed by atoms with Crippen LogP contribution in [0.3, 0.4) is 0 Å². The fourth-order valence-electron chi connectivity index (χ4n) is 1.31. The van der Waals surface area contributed by atoms with Crippen molar-refractivity contribution in [3.63, 3.8) is 0 Å². The molecule has 3 heteroatoms. The van der Waals surface area contributed by atoms with Gasteiger partial charge in [0.2, 0.25) is 0 Å². The third-order valence-corrected chi connectivity index (χ3v) is 4.43. The van der Waals surface area contributed by atoms with Gasteiger partial charge in [-0.05, 0) is 24.1 Å². The van der Waals surface area contributed by atoms with Crippen LogP contribution in [0, 0.1) is 5.41 Å². The molecular weight excluding hydrogens is 280 g/mol. The molecule has 2 nitrogen and oxygen atoms in total. The first-order valence-corrected chi connectivity index (χ1v) is 7.07. The highest BCUT2D eigenvalue weighted by atomic mass is 79.9. The van der Waals surface area contributed by atoms with Crippen LogP contribution < -0.4 is 4.74 Å². The van der Waals surface area contributed by atoms with Gasteiger partial charge in [0.25, 0.3) is 0 Å². The van der Waals surface area contributed by atoms with Crippen molar-refractivity contribution in [1.29, 1.82) is 0 Å². The summed E-state index contributed by atoms with van der Waals surface area (Å²) in [5.74, 6) is 0.812. The molecule has 0 aliphatic rings. The molecule has 1 unspecified atom stereocenters. The molecule has 17 heavy (non-hydrogen) atoms. The monoisotopic (exact) mass is 300 g/mol. The van der Waals surface area contributed by atoms with E-state index in [0.29, 0.717) is 6.61 Å². The lowest BCUT2D eigenvalue weighted by Crippen LogP contribution is -2.35. The maximum absolute atomic E-state index is 9.98. The van der Waals surface area contributed by atoms with Gasteiger partial charge in [0.05, 0.1) is 6.10 Å². The summed E-state index contributed by atoms with van der Waals surface area (Å²) in [6.07, 6.45) is 0.548. The Bertz CT molecular complexity index is 333. The fraction of sp³-hybridized carbons (Fsp3) is 0.571. The summed E-state index contributed by atoms with van der Waals surface area (Å²) in [4.78, 5) is 0. The lowest BCUT2D eigenvalue weighted by atomic mass is 9.90. The van der Waals surface area contributed by atoms with Gasteiger partial charge in [-0.3, -0.25) is 0 Å². The van der Waals surface area contributed by atoms with Crippen molar-refractivity contribution >= 4 is 15.9 Å². The van der Waals surface area contributed by atoms with Crippen LogP contribution in [-0.4, -0.2) is 23.1 Å². The topological polar surface area (TPSA) is 29.5 Å². The first kappa shape index (κ1) is 14.5. The smallest absolute Gasteiger partial charge is 0.119 e. The highest BCUT2D eigenvalue weighted by molar-refractivity contribution is 9.09. The molecule has 1 aromatic rings. The van der Waals surface area contributed by atoms with Crippen LogP contribution in [0.2, 0.25) is 0 Å². The zero-order chi connectivity index (χ0) is 12.9. The maximum atomic E-state index is 9.98. The third kappa shape index (κ3) is 4.32. The van der Waals surface area contributed by atoms with Crippen LogP contribution in [-0.2, 0) is 6.42 Å². The zero-order valence-corrected chi connectivity index (χ0v) is 12.3. The number of benzene rings is 1. The van der Waals surface area contributed by atoms with E-state index in [1.165, 1.54) is 5.56 Å². The van der Waals surface area contributed by atoms with Gasteiger partial charge in [-0.25, -0.2) is 0 Å². The van der Waals surface area contributed by atoms with Crippen molar-refractivity contribution < 1.29 is 9.84 Å². The van der Waals surface area contributed by atoms with E-state index < -0.39 is 6.10 Å². The quantitative estimate of drug-likeness (QED) is 0.816. The van der Waals surface area contributed by atoms with E-state index in [4.69, 9.17) is 4.74 Å². The van der Waals surface area contributed by atoms with Gasteiger partial charge in [-0.1, -0.05) is 48.8 Å². The van der Waals surface area contributed by atoms with Crippen LogP contribution in [0.15, 0.2) is 24.3 Å². The molecule has 0 saturated heterocycles. The number of ether oxygens (including phenoxy) is 1. The minimum atomic E-state index is -0.479. The molecule has 0 aliphatic heterocycles. The van der Waals surface area contributed by atoms with Gasteiger partial charge in [0, 0.05) is 10.7 Å². The Morgan fingerprint density at radius 3 is 2.35 bits per heavy atom. The first-order valence-electron chi connectivity index (χ1n) is 5.95. The van der Waals surface area contributed by atoms with Crippen molar-refractivity contribution in [2.45, 2.75) is 33.3 Å². The lowest BCUT2D eigenvalue weighted by molar-refractivity contribution is 0.0250. The average molecular weight is 301 g/mol. The molecular formula is C14H21BrO2. The summed E-state index contributed by atoms with van der Waals surface area (Å²) in [5, 5.41) is 10.7. The molecule has 0 aliphatic carbocycles. The number of rotatable bonds is 6. The van der Waals surface area contributed by atoms with Crippen LogP contribution in [0.1, 0.15) is 26.3 Å². The molecule has 96 valence electrons. The van der Waals surface area contributed by atoms with Crippen LogP contribution in [0.4, 0.5) is 0 Å². The van der Waals surface area contributed by atoms with Crippen LogP contribution >= 0.6 is 15.9 Å². The Labute approximate surface area is 112 Å². The SMILES string of the molecule is CCc1ccc(OCC(O)C(C)(C)CBr)cc1. The summed E-state index contributed by atoms with van der Waals surface area (Å²) < 4.78 is 5.58. The van der Waals surface area contributed by atoms with E-state index in [1.807, 2.05) is 26.0 Å². The Morgan fingerprint density at radius 2 is 1.88 bits per heavy atom. The molecule has 1 N–H and O–H groups in total. The number of aliphatic hydroxyl groups is 1. The molecule has 0 radical (unpaired) electrons. The maximum Gasteiger partial charge on any atom is 0.119 e. The van der Waals surface area contributed by atoms with Gasteiger partial charge in [0.1, 0.15) is 12.4 Å². The molecule has 0 fully saturated rings. The van der Waals surface area contributed by atoms with Crippen LogP contribution in [0.5, 0.6) is 5.75 Å². The van der Waals surface area contributed by atoms with Crippen molar-refractivity contribution in [2.24, 2.45) is 5.41 Å². The predicted molar refractivity (Wildman–Crippen MR) is 74.9 cm³/mol. The molecule has 1 aromatic carbocycles. The molecule has 1 rings (SSSR count). The van der Waals surface area contributed by atoms with Gasteiger partial charge < -0.3 is 9.84 Å². The van der Waals surface area contributed by atoms with E-state index in [2.05, 4.69) is 35.0 Å². The standard InChI is InChI=1S/C14H21BrO2/c1-4-11-5-7-12(8-6-11)17-9-13(16)14(2,3)10-15/h5-8,13,16H,4,9-10H2,1-3H3. The minimum Gasteiger partial charge on any atom is -0.491 e. The summed E-state index contributed by atoms with van der Waals surface area (Å²) in [7, 11) is 0. The van der Waals surface area contributed by atoms with E-state index >= 15 is 0 Å². The molecule has 0 bridgehead atoms. The van der Waals surface area contributed by atoms with E-state index in [0.717, 1.165) is 17.5 Å². The predicted octanol–water partition coefficient (Wildman–Crippen LogP) is 3.41. The molecule has 0 saturated carbocycles. The molecule has 0 amide bonds. The second kappa shape index (κ2) is 6.41. The number of hydrogen-bond acceptors (Lipinski definition) is 2. The molecule has 1 atom stereocenters. The first-order chi connectivity index (χ1) is 7.99. The van der Waals surface area contributed by atoms with Crippen molar-refractivity contribution in [3.05, 3.63) is 29.8 Å². The van der Waals surface area contributed by atoms with Crippen molar-refractivity contribution in [2.75, 3.05) is 11.9 Å². The number of alkyl halides is 1. The number of halogens is 1. The molecule has 0 spiro atoms. The number of hydrogen-bond donors (Lipinski definition) is 1. The summed E-state index contributed by atoms with van der Waals surface area (Å²) in [5.41, 5.74) is 1.11. The summed E-state index contributed by atoms with van der Waals surface area (Å²) in [6, 6.07) is 8.01. The second-order valence-electron chi connectivity index (χ2n) is 4.95. The second-order valence-corrected chi connectivity index (χ2v) is 5.51.